The average Bonchev–Trinajstić information content (AvgIpc) is 2.70. The van der Waals surface area contributed by atoms with Crippen molar-refractivity contribution >= 4 is 16.9 Å². The van der Waals surface area contributed by atoms with Crippen LogP contribution in [0.15, 0.2) is 42.5 Å². The molecule has 0 saturated heterocycles. The van der Waals surface area contributed by atoms with Gasteiger partial charge in [-0.25, -0.2) is 9.97 Å². The zero-order valence-electron chi connectivity index (χ0n) is 16.3. The maximum atomic E-state index is 12.7. The fourth-order valence-corrected chi connectivity index (χ4v) is 2.70. The van der Waals surface area contributed by atoms with Crippen LogP contribution in [0.2, 0.25) is 0 Å². The highest BCUT2D eigenvalue weighted by atomic mass is 19.4. The minimum Gasteiger partial charge on any atom is -0.491 e. The summed E-state index contributed by atoms with van der Waals surface area (Å²) in [6.07, 6.45) is -5.58. The van der Waals surface area contributed by atoms with Crippen molar-refractivity contribution in [2.45, 2.75) is 26.1 Å². The van der Waals surface area contributed by atoms with E-state index in [2.05, 4.69) is 15.3 Å². The number of amides is 1. The van der Waals surface area contributed by atoms with Gasteiger partial charge in [-0.1, -0.05) is 6.07 Å². The molecule has 1 aromatic heterocycles. The number of halogens is 3. The molecule has 0 aliphatic carbocycles. The van der Waals surface area contributed by atoms with Gasteiger partial charge in [0.05, 0.1) is 28.0 Å². The number of alkyl halides is 3. The first kappa shape index (κ1) is 21.5. The van der Waals surface area contributed by atoms with E-state index < -0.39 is 23.8 Å². The van der Waals surface area contributed by atoms with Crippen LogP contribution in [-0.4, -0.2) is 40.2 Å². The zero-order valence-corrected chi connectivity index (χ0v) is 16.3. The lowest BCUT2D eigenvalue weighted by molar-refractivity contribution is -0.137. The summed E-state index contributed by atoms with van der Waals surface area (Å²) < 4.78 is 43.4. The van der Waals surface area contributed by atoms with Gasteiger partial charge in [0.1, 0.15) is 18.5 Å². The Morgan fingerprint density at radius 2 is 1.80 bits per heavy atom. The summed E-state index contributed by atoms with van der Waals surface area (Å²) in [5.41, 5.74) is 2.34. The summed E-state index contributed by atoms with van der Waals surface area (Å²) in [6, 6.07) is 9.27. The number of carbonyl (C=O) groups excluding carboxylic acids is 1. The lowest BCUT2D eigenvalue weighted by Crippen LogP contribution is -2.35. The third kappa shape index (κ3) is 5.24. The first-order valence-corrected chi connectivity index (χ1v) is 9.15. The molecule has 0 radical (unpaired) electrons. The number of hydrogen-bond donors (Lipinski definition) is 2. The third-order valence-corrected chi connectivity index (χ3v) is 4.44. The van der Waals surface area contributed by atoms with Crippen LogP contribution in [0.4, 0.5) is 13.2 Å². The van der Waals surface area contributed by atoms with Crippen LogP contribution >= 0.6 is 0 Å². The van der Waals surface area contributed by atoms with Gasteiger partial charge >= 0.3 is 6.18 Å². The molecule has 1 atom stereocenters. The van der Waals surface area contributed by atoms with E-state index in [-0.39, 0.29) is 18.9 Å². The monoisotopic (exact) mass is 419 g/mol. The molecule has 0 bridgehead atoms. The number of rotatable bonds is 6. The number of ether oxygens (including phenoxy) is 1. The maximum absolute atomic E-state index is 12.7. The normalized spacial score (nSPS) is 12.6. The average molecular weight is 419 g/mol. The first-order chi connectivity index (χ1) is 14.1. The highest BCUT2D eigenvalue weighted by Gasteiger charge is 2.30. The minimum atomic E-state index is -4.48. The molecule has 2 N–H and O–H groups in total. The van der Waals surface area contributed by atoms with Gasteiger partial charge in [0.2, 0.25) is 0 Å². The molecular formula is C21H20F3N3O3. The molecule has 3 rings (SSSR count). The fraction of sp³-hybridized carbons (Fsp3) is 0.286. The molecule has 6 nitrogen and oxygen atoms in total. The van der Waals surface area contributed by atoms with Crippen LogP contribution in [0.5, 0.6) is 5.75 Å². The summed E-state index contributed by atoms with van der Waals surface area (Å²) in [6.45, 7) is 3.28. The number of aryl methyl sites for hydroxylation is 2. The van der Waals surface area contributed by atoms with Crippen molar-refractivity contribution in [1.82, 2.24) is 15.3 Å². The largest absolute Gasteiger partial charge is 0.491 e. The van der Waals surface area contributed by atoms with Gasteiger partial charge in [0.15, 0.2) is 0 Å². The number of aliphatic hydroxyl groups excluding tert-OH is 1. The molecule has 9 heteroatoms. The molecule has 0 saturated carbocycles. The molecular weight excluding hydrogens is 399 g/mol. The van der Waals surface area contributed by atoms with Gasteiger partial charge in [-0.3, -0.25) is 4.79 Å². The Bertz CT molecular complexity index is 1070. The van der Waals surface area contributed by atoms with Crippen molar-refractivity contribution < 1.29 is 27.8 Å². The number of hydrogen-bond acceptors (Lipinski definition) is 5. The Labute approximate surface area is 170 Å². The number of aliphatic hydroxyl groups is 1. The number of carbonyl (C=O) groups is 1. The number of benzene rings is 2. The van der Waals surface area contributed by atoms with Gasteiger partial charge in [-0.15, -0.1) is 0 Å². The van der Waals surface area contributed by atoms with E-state index in [0.717, 1.165) is 23.5 Å². The van der Waals surface area contributed by atoms with Crippen molar-refractivity contribution in [1.29, 1.82) is 0 Å². The summed E-state index contributed by atoms with van der Waals surface area (Å²) in [5.74, 6) is -0.441. The second-order valence-electron chi connectivity index (χ2n) is 6.80. The zero-order chi connectivity index (χ0) is 21.9. The van der Waals surface area contributed by atoms with Gasteiger partial charge in [0, 0.05) is 12.1 Å². The predicted molar refractivity (Wildman–Crippen MR) is 104 cm³/mol. The standard InChI is InChI=1S/C21H20F3N3O3/c1-12-13(2)27-19-8-14(6-7-18(19)26-12)20(29)25-10-16(28)11-30-17-5-3-4-15(9-17)21(22,23)24/h3-9,16,28H,10-11H2,1-2H3,(H,25,29). The highest BCUT2D eigenvalue weighted by molar-refractivity contribution is 5.97. The topological polar surface area (TPSA) is 84.3 Å². The Morgan fingerprint density at radius 1 is 1.10 bits per heavy atom. The lowest BCUT2D eigenvalue weighted by atomic mass is 10.1. The van der Waals surface area contributed by atoms with E-state index in [4.69, 9.17) is 4.74 Å². The van der Waals surface area contributed by atoms with Crippen molar-refractivity contribution in [2.24, 2.45) is 0 Å². The summed E-state index contributed by atoms with van der Waals surface area (Å²) in [4.78, 5) is 21.1. The minimum absolute atomic E-state index is 0.0195. The molecule has 0 aliphatic rings. The third-order valence-electron chi connectivity index (χ3n) is 4.44. The van der Waals surface area contributed by atoms with Gasteiger partial charge in [-0.05, 0) is 50.2 Å². The molecule has 1 amide bonds. The molecule has 158 valence electrons. The Kier molecular flexibility index (Phi) is 6.21. The Hall–Kier alpha value is -3.20. The maximum Gasteiger partial charge on any atom is 0.416 e. The predicted octanol–water partition coefficient (Wildman–Crippen LogP) is 3.44. The van der Waals surface area contributed by atoms with Gasteiger partial charge in [0.25, 0.3) is 5.91 Å². The number of aromatic nitrogens is 2. The lowest BCUT2D eigenvalue weighted by Gasteiger charge is -2.14. The van der Waals surface area contributed by atoms with Crippen LogP contribution in [0.1, 0.15) is 27.3 Å². The van der Waals surface area contributed by atoms with Crippen LogP contribution in [-0.2, 0) is 6.18 Å². The van der Waals surface area contributed by atoms with Crippen LogP contribution in [0.3, 0.4) is 0 Å². The number of nitrogens with zero attached hydrogens (tertiary/aromatic N) is 2. The van der Waals surface area contributed by atoms with Crippen LogP contribution < -0.4 is 10.1 Å². The molecule has 0 fully saturated rings. The highest BCUT2D eigenvalue weighted by Crippen LogP contribution is 2.31. The summed E-state index contributed by atoms with van der Waals surface area (Å²) in [7, 11) is 0. The molecule has 0 spiro atoms. The van der Waals surface area contributed by atoms with Crippen LogP contribution in [0, 0.1) is 13.8 Å². The van der Waals surface area contributed by atoms with Crippen LogP contribution in [0.25, 0.3) is 11.0 Å². The van der Waals surface area contributed by atoms with Gasteiger partial charge < -0.3 is 15.2 Å². The summed E-state index contributed by atoms with van der Waals surface area (Å²) >= 11 is 0. The van der Waals surface area contributed by atoms with E-state index in [1.807, 2.05) is 13.8 Å². The molecule has 1 unspecified atom stereocenters. The smallest absolute Gasteiger partial charge is 0.416 e. The number of nitrogens with one attached hydrogen (secondary N) is 1. The van der Waals surface area contributed by atoms with Crippen molar-refractivity contribution in [3.05, 3.63) is 65.0 Å². The molecule has 3 aromatic rings. The Morgan fingerprint density at radius 3 is 2.50 bits per heavy atom. The van der Waals surface area contributed by atoms with Gasteiger partial charge in [-0.2, -0.15) is 13.2 Å². The van der Waals surface area contributed by atoms with E-state index >= 15 is 0 Å². The fourth-order valence-electron chi connectivity index (χ4n) is 2.70. The van der Waals surface area contributed by atoms with E-state index in [9.17, 15) is 23.1 Å². The Balaban J connectivity index is 1.56. The quantitative estimate of drug-likeness (QED) is 0.640. The molecule has 1 heterocycles. The molecule has 30 heavy (non-hydrogen) atoms. The first-order valence-electron chi connectivity index (χ1n) is 9.15. The summed E-state index contributed by atoms with van der Waals surface area (Å²) in [5, 5.41) is 12.6. The van der Waals surface area contributed by atoms with Crippen molar-refractivity contribution in [3.63, 3.8) is 0 Å². The molecule has 2 aromatic carbocycles. The second-order valence-corrected chi connectivity index (χ2v) is 6.80. The van der Waals surface area contributed by atoms with E-state index in [1.165, 1.54) is 12.1 Å². The number of fused-ring (bicyclic) bond motifs is 1. The van der Waals surface area contributed by atoms with Crippen molar-refractivity contribution in [3.8, 4) is 5.75 Å². The van der Waals surface area contributed by atoms with E-state index in [0.29, 0.717) is 16.6 Å². The molecule has 0 aliphatic heterocycles. The SMILES string of the molecule is Cc1nc2ccc(C(=O)NCC(O)COc3cccc(C(F)(F)F)c3)cc2nc1C. The van der Waals surface area contributed by atoms with Crippen molar-refractivity contribution in [2.75, 3.05) is 13.2 Å². The second kappa shape index (κ2) is 8.66. The van der Waals surface area contributed by atoms with E-state index in [1.54, 1.807) is 18.2 Å².